The van der Waals surface area contributed by atoms with E-state index >= 15 is 0 Å². The summed E-state index contributed by atoms with van der Waals surface area (Å²) >= 11 is 0. The van der Waals surface area contributed by atoms with E-state index in [-0.39, 0.29) is 29.2 Å². The minimum absolute atomic E-state index is 0.0241. The summed E-state index contributed by atoms with van der Waals surface area (Å²) in [6.45, 7) is 9.26. The van der Waals surface area contributed by atoms with Crippen LogP contribution in [0, 0.1) is 12.8 Å². The molecule has 0 bridgehead atoms. The fourth-order valence-electron chi connectivity index (χ4n) is 4.59. The SMILES string of the molecule is Cc1oc(C(C)C)cc1C(=O)N1CCN(C(=O)C2CC2)C2(CCOCC2)CC1. The molecule has 1 aromatic rings. The predicted molar refractivity (Wildman–Crippen MR) is 105 cm³/mol. The summed E-state index contributed by atoms with van der Waals surface area (Å²) in [5, 5.41) is 0. The third-order valence-electron chi connectivity index (χ3n) is 6.65. The van der Waals surface area contributed by atoms with Crippen molar-refractivity contribution in [2.45, 2.75) is 64.3 Å². The summed E-state index contributed by atoms with van der Waals surface area (Å²) in [5.74, 6) is 2.30. The van der Waals surface area contributed by atoms with Crippen molar-refractivity contribution < 1.29 is 18.7 Å². The summed E-state index contributed by atoms with van der Waals surface area (Å²) in [6.07, 6.45) is 4.59. The van der Waals surface area contributed by atoms with Gasteiger partial charge in [0.2, 0.25) is 5.91 Å². The van der Waals surface area contributed by atoms with Gasteiger partial charge in [-0.2, -0.15) is 0 Å². The zero-order valence-corrected chi connectivity index (χ0v) is 17.3. The second-order valence-electron chi connectivity index (χ2n) is 8.92. The fourth-order valence-corrected chi connectivity index (χ4v) is 4.59. The first-order valence-electron chi connectivity index (χ1n) is 10.7. The van der Waals surface area contributed by atoms with Gasteiger partial charge in [-0.3, -0.25) is 9.59 Å². The van der Waals surface area contributed by atoms with E-state index in [1.807, 2.05) is 17.9 Å². The number of ether oxygens (including phenoxy) is 1. The van der Waals surface area contributed by atoms with E-state index in [1.165, 1.54) is 0 Å². The van der Waals surface area contributed by atoms with Crippen LogP contribution < -0.4 is 0 Å². The lowest BCUT2D eigenvalue weighted by Crippen LogP contribution is -2.55. The molecule has 6 nitrogen and oxygen atoms in total. The Morgan fingerprint density at radius 1 is 1.11 bits per heavy atom. The highest BCUT2D eigenvalue weighted by atomic mass is 16.5. The van der Waals surface area contributed by atoms with E-state index in [0.29, 0.717) is 44.2 Å². The molecule has 0 radical (unpaired) electrons. The van der Waals surface area contributed by atoms with Gasteiger partial charge in [-0.25, -0.2) is 0 Å². The van der Waals surface area contributed by atoms with Crippen molar-refractivity contribution in [2.24, 2.45) is 5.92 Å². The van der Waals surface area contributed by atoms with Crippen LogP contribution in [0.5, 0.6) is 0 Å². The molecule has 0 N–H and O–H groups in total. The normalized spacial score (nSPS) is 22.6. The van der Waals surface area contributed by atoms with Gasteiger partial charge in [0.25, 0.3) is 5.91 Å². The zero-order valence-electron chi connectivity index (χ0n) is 17.3. The number of hydrogen-bond acceptors (Lipinski definition) is 4. The van der Waals surface area contributed by atoms with Crippen molar-refractivity contribution in [3.05, 3.63) is 23.2 Å². The van der Waals surface area contributed by atoms with Gasteiger partial charge < -0.3 is 19.0 Å². The fraction of sp³-hybridized carbons (Fsp3) is 0.727. The largest absolute Gasteiger partial charge is 0.465 e. The average molecular weight is 389 g/mol. The third kappa shape index (κ3) is 3.59. The highest BCUT2D eigenvalue weighted by Gasteiger charge is 2.46. The molecule has 3 aliphatic rings. The topological polar surface area (TPSA) is 63.0 Å². The maximum Gasteiger partial charge on any atom is 0.257 e. The van der Waals surface area contributed by atoms with Gasteiger partial charge in [0.05, 0.1) is 5.56 Å². The first-order chi connectivity index (χ1) is 13.4. The Morgan fingerprint density at radius 3 is 2.43 bits per heavy atom. The molecule has 3 heterocycles. The Kier molecular flexibility index (Phi) is 5.25. The van der Waals surface area contributed by atoms with Crippen LogP contribution >= 0.6 is 0 Å². The molecular weight excluding hydrogens is 356 g/mol. The number of carbonyl (C=O) groups excluding carboxylic acids is 2. The van der Waals surface area contributed by atoms with Crippen LogP contribution in [0.1, 0.15) is 73.7 Å². The average Bonchev–Trinajstić information content (AvgIpc) is 3.47. The molecule has 0 atom stereocenters. The molecule has 1 spiro atoms. The Morgan fingerprint density at radius 2 is 1.82 bits per heavy atom. The lowest BCUT2D eigenvalue weighted by molar-refractivity contribution is -0.143. The molecular formula is C22H32N2O4. The van der Waals surface area contributed by atoms with Gasteiger partial charge in [-0.1, -0.05) is 13.8 Å². The van der Waals surface area contributed by atoms with Crippen molar-refractivity contribution in [1.82, 2.24) is 9.80 Å². The number of rotatable bonds is 3. The Hall–Kier alpha value is -1.82. The molecule has 4 rings (SSSR count). The van der Waals surface area contributed by atoms with Crippen LogP contribution in [0.15, 0.2) is 10.5 Å². The molecule has 2 aliphatic heterocycles. The number of furan rings is 1. The van der Waals surface area contributed by atoms with Gasteiger partial charge in [0, 0.05) is 50.2 Å². The number of aryl methyl sites for hydroxylation is 1. The molecule has 28 heavy (non-hydrogen) atoms. The maximum absolute atomic E-state index is 13.2. The monoisotopic (exact) mass is 388 g/mol. The van der Waals surface area contributed by atoms with Crippen LogP contribution in [0.4, 0.5) is 0 Å². The van der Waals surface area contributed by atoms with E-state index in [4.69, 9.17) is 9.15 Å². The van der Waals surface area contributed by atoms with Crippen molar-refractivity contribution >= 4 is 11.8 Å². The number of nitrogens with zero attached hydrogens (tertiary/aromatic N) is 2. The minimum atomic E-state index is -0.151. The van der Waals surface area contributed by atoms with Gasteiger partial charge >= 0.3 is 0 Å². The van der Waals surface area contributed by atoms with E-state index in [2.05, 4.69) is 18.7 Å². The van der Waals surface area contributed by atoms with Gasteiger partial charge in [0.1, 0.15) is 11.5 Å². The number of amides is 2. The zero-order chi connectivity index (χ0) is 19.9. The van der Waals surface area contributed by atoms with E-state index in [9.17, 15) is 9.59 Å². The molecule has 2 saturated heterocycles. The van der Waals surface area contributed by atoms with Gasteiger partial charge in [0.15, 0.2) is 0 Å². The summed E-state index contributed by atoms with van der Waals surface area (Å²) in [5.41, 5.74) is 0.508. The quantitative estimate of drug-likeness (QED) is 0.797. The lowest BCUT2D eigenvalue weighted by Gasteiger charge is -2.45. The molecule has 154 valence electrons. The van der Waals surface area contributed by atoms with E-state index in [1.54, 1.807) is 0 Å². The molecule has 0 unspecified atom stereocenters. The van der Waals surface area contributed by atoms with Crippen LogP contribution in [-0.4, -0.2) is 60.0 Å². The molecule has 6 heteroatoms. The number of carbonyl (C=O) groups is 2. The molecule has 2 amide bonds. The smallest absolute Gasteiger partial charge is 0.257 e. The van der Waals surface area contributed by atoms with Crippen LogP contribution in [0.2, 0.25) is 0 Å². The number of hydrogen-bond donors (Lipinski definition) is 0. The molecule has 0 aromatic carbocycles. The van der Waals surface area contributed by atoms with Gasteiger partial charge in [-0.05, 0) is 45.1 Å². The van der Waals surface area contributed by atoms with Crippen LogP contribution in [0.3, 0.4) is 0 Å². The highest BCUT2D eigenvalue weighted by molar-refractivity contribution is 5.95. The van der Waals surface area contributed by atoms with E-state index < -0.39 is 0 Å². The van der Waals surface area contributed by atoms with Crippen molar-refractivity contribution in [3.8, 4) is 0 Å². The standard InChI is InChI=1S/C22H32N2O4/c1-15(2)19-14-18(16(3)28-19)21(26)23-9-6-22(7-12-27-13-8-22)24(11-10-23)20(25)17-4-5-17/h14-15,17H,4-13H2,1-3H3. The summed E-state index contributed by atoms with van der Waals surface area (Å²) < 4.78 is 11.4. The lowest BCUT2D eigenvalue weighted by atomic mass is 9.84. The van der Waals surface area contributed by atoms with Crippen LogP contribution in [0.25, 0.3) is 0 Å². The summed E-state index contributed by atoms with van der Waals surface area (Å²) in [6, 6.07) is 1.89. The summed E-state index contributed by atoms with van der Waals surface area (Å²) in [4.78, 5) is 30.3. The second-order valence-corrected chi connectivity index (χ2v) is 8.92. The first kappa shape index (κ1) is 19.5. The van der Waals surface area contributed by atoms with Crippen molar-refractivity contribution in [3.63, 3.8) is 0 Å². The third-order valence-corrected chi connectivity index (χ3v) is 6.65. The minimum Gasteiger partial charge on any atom is -0.465 e. The molecule has 3 fully saturated rings. The Balaban J connectivity index is 1.55. The molecule has 1 aromatic heterocycles. The summed E-state index contributed by atoms with van der Waals surface area (Å²) in [7, 11) is 0. The Bertz CT molecular complexity index is 744. The highest BCUT2D eigenvalue weighted by Crippen LogP contribution is 2.39. The molecule has 1 aliphatic carbocycles. The van der Waals surface area contributed by atoms with Crippen molar-refractivity contribution in [1.29, 1.82) is 0 Å². The van der Waals surface area contributed by atoms with Crippen LogP contribution in [-0.2, 0) is 9.53 Å². The Labute approximate surface area is 167 Å². The van der Waals surface area contributed by atoms with Crippen molar-refractivity contribution in [2.75, 3.05) is 32.8 Å². The predicted octanol–water partition coefficient (Wildman–Crippen LogP) is 3.35. The second kappa shape index (κ2) is 7.54. The maximum atomic E-state index is 13.2. The first-order valence-corrected chi connectivity index (χ1v) is 10.7. The van der Waals surface area contributed by atoms with Gasteiger partial charge in [-0.15, -0.1) is 0 Å². The molecule has 1 saturated carbocycles. The van der Waals surface area contributed by atoms with E-state index in [0.717, 1.165) is 37.9 Å².